The van der Waals surface area contributed by atoms with Crippen LogP contribution in [0, 0.1) is 40.4 Å². The topological polar surface area (TPSA) is 40.5 Å². The molecule has 4 aliphatic carbocycles. The van der Waals surface area contributed by atoms with Gasteiger partial charge in [0.05, 0.1) is 11.7 Å². The van der Waals surface area contributed by atoms with E-state index in [1.807, 2.05) is 13.8 Å². The fourth-order valence-corrected chi connectivity index (χ4v) is 8.97. The molecule has 168 valence electrons. The smallest absolute Gasteiger partial charge is 0.0591 e. The van der Waals surface area contributed by atoms with Gasteiger partial charge in [0, 0.05) is 0 Å². The van der Waals surface area contributed by atoms with Gasteiger partial charge in [-0.25, -0.2) is 0 Å². The van der Waals surface area contributed by atoms with Crippen molar-refractivity contribution in [2.75, 3.05) is 0 Å². The zero-order valence-electron chi connectivity index (χ0n) is 19.8. The SMILES string of the molecule is CC(C)(O)CCCCC1CCCC2C3CCC4CC(O)CCC4(C)C3CCC12C. The first-order valence-corrected chi connectivity index (χ1v) is 13.0. The number of rotatable bonds is 5. The lowest BCUT2D eigenvalue weighted by Crippen LogP contribution is -2.56. The minimum atomic E-state index is -0.501. The number of unbranched alkanes of at least 4 members (excludes halogenated alkanes) is 1. The summed E-state index contributed by atoms with van der Waals surface area (Å²) >= 11 is 0. The Bertz CT molecular complexity index is 565. The van der Waals surface area contributed by atoms with Gasteiger partial charge in [-0.15, -0.1) is 0 Å². The summed E-state index contributed by atoms with van der Waals surface area (Å²) in [6.45, 7) is 9.19. The van der Waals surface area contributed by atoms with Crippen LogP contribution in [0.25, 0.3) is 0 Å². The molecule has 0 heterocycles. The maximum Gasteiger partial charge on any atom is 0.0591 e. The molecule has 4 fully saturated rings. The molecule has 0 aromatic heterocycles. The van der Waals surface area contributed by atoms with Crippen molar-refractivity contribution in [1.29, 1.82) is 0 Å². The Kier molecular flexibility index (Phi) is 6.19. The van der Waals surface area contributed by atoms with Crippen molar-refractivity contribution >= 4 is 0 Å². The van der Waals surface area contributed by atoms with Gasteiger partial charge in [-0.2, -0.15) is 0 Å². The second kappa shape index (κ2) is 8.12. The molecule has 8 unspecified atom stereocenters. The number of aliphatic hydroxyl groups is 2. The van der Waals surface area contributed by atoms with Crippen molar-refractivity contribution in [2.24, 2.45) is 40.4 Å². The van der Waals surface area contributed by atoms with E-state index in [9.17, 15) is 10.2 Å². The Morgan fingerprint density at radius 3 is 2.34 bits per heavy atom. The summed E-state index contributed by atoms with van der Waals surface area (Å²) in [5.41, 5.74) is 0.563. The molecular formula is C27H48O2. The zero-order chi connectivity index (χ0) is 20.9. The molecule has 0 saturated heterocycles. The van der Waals surface area contributed by atoms with Crippen LogP contribution in [0.15, 0.2) is 0 Å². The summed E-state index contributed by atoms with van der Waals surface area (Å²) in [5, 5.41) is 20.3. The molecule has 2 heteroatoms. The Morgan fingerprint density at radius 1 is 0.862 bits per heavy atom. The third-order valence-corrected chi connectivity index (χ3v) is 10.7. The van der Waals surface area contributed by atoms with Gasteiger partial charge in [-0.05, 0) is 125 Å². The molecule has 4 rings (SSSR count). The van der Waals surface area contributed by atoms with Gasteiger partial charge in [0.25, 0.3) is 0 Å². The lowest BCUT2D eigenvalue weighted by Gasteiger charge is -2.64. The maximum absolute atomic E-state index is 10.3. The van der Waals surface area contributed by atoms with E-state index >= 15 is 0 Å². The van der Waals surface area contributed by atoms with Crippen molar-refractivity contribution in [1.82, 2.24) is 0 Å². The third kappa shape index (κ3) is 4.19. The van der Waals surface area contributed by atoms with Crippen LogP contribution in [0.1, 0.15) is 118 Å². The lowest BCUT2D eigenvalue weighted by atomic mass is 9.41. The first kappa shape index (κ1) is 22.1. The molecule has 0 amide bonds. The van der Waals surface area contributed by atoms with E-state index in [2.05, 4.69) is 13.8 Å². The predicted molar refractivity (Wildman–Crippen MR) is 121 cm³/mol. The highest BCUT2D eigenvalue weighted by Crippen LogP contribution is 2.66. The first-order valence-electron chi connectivity index (χ1n) is 13.0. The Hall–Kier alpha value is -0.0800. The van der Waals surface area contributed by atoms with E-state index < -0.39 is 5.60 Å². The highest BCUT2D eigenvalue weighted by molar-refractivity contribution is 5.08. The highest BCUT2D eigenvalue weighted by Gasteiger charge is 2.58. The van der Waals surface area contributed by atoms with Gasteiger partial charge in [-0.3, -0.25) is 0 Å². The molecule has 4 saturated carbocycles. The summed E-state index contributed by atoms with van der Waals surface area (Å²) in [6.07, 6.45) is 18.2. The Balaban J connectivity index is 1.44. The summed E-state index contributed by atoms with van der Waals surface area (Å²) in [4.78, 5) is 0. The summed E-state index contributed by atoms with van der Waals surface area (Å²) < 4.78 is 0. The molecular weight excluding hydrogens is 356 g/mol. The van der Waals surface area contributed by atoms with Gasteiger partial charge in [0.15, 0.2) is 0 Å². The minimum absolute atomic E-state index is 0.0264. The van der Waals surface area contributed by atoms with Gasteiger partial charge in [0.1, 0.15) is 0 Å². The lowest BCUT2D eigenvalue weighted by molar-refractivity contribution is -0.151. The second-order valence-electron chi connectivity index (χ2n) is 12.8. The first-order chi connectivity index (χ1) is 13.6. The average Bonchev–Trinajstić information content (AvgIpc) is 2.65. The van der Waals surface area contributed by atoms with Gasteiger partial charge in [0.2, 0.25) is 0 Å². The number of hydrogen-bond donors (Lipinski definition) is 2. The van der Waals surface area contributed by atoms with Crippen LogP contribution < -0.4 is 0 Å². The van der Waals surface area contributed by atoms with Crippen LogP contribution in [0.3, 0.4) is 0 Å². The fourth-order valence-electron chi connectivity index (χ4n) is 8.97. The van der Waals surface area contributed by atoms with Crippen LogP contribution >= 0.6 is 0 Å². The number of hydrogen-bond acceptors (Lipinski definition) is 2. The van der Waals surface area contributed by atoms with Gasteiger partial charge < -0.3 is 10.2 Å². The standard InChI is InChI=1S/C27H48O2/c1-25(2,29)15-6-5-8-19-9-7-10-23-22-12-11-20-18-21(28)13-16-27(20,4)24(22)14-17-26(19,23)3/h19-24,28-29H,5-18H2,1-4H3. The molecule has 0 spiro atoms. The van der Waals surface area contributed by atoms with Gasteiger partial charge >= 0.3 is 0 Å². The summed E-state index contributed by atoms with van der Waals surface area (Å²) in [5.74, 6) is 4.49. The van der Waals surface area contributed by atoms with Crippen molar-refractivity contribution in [3.8, 4) is 0 Å². The van der Waals surface area contributed by atoms with E-state index in [0.717, 1.165) is 48.9 Å². The monoisotopic (exact) mass is 404 g/mol. The maximum atomic E-state index is 10.3. The molecule has 0 bridgehead atoms. The molecule has 2 N–H and O–H groups in total. The van der Waals surface area contributed by atoms with E-state index in [-0.39, 0.29) is 6.10 Å². The van der Waals surface area contributed by atoms with Crippen molar-refractivity contribution in [2.45, 2.75) is 129 Å². The molecule has 0 radical (unpaired) electrons. The Labute approximate surface area is 180 Å². The van der Waals surface area contributed by atoms with Crippen LogP contribution in [0.5, 0.6) is 0 Å². The van der Waals surface area contributed by atoms with Crippen molar-refractivity contribution < 1.29 is 10.2 Å². The van der Waals surface area contributed by atoms with Crippen molar-refractivity contribution in [3.63, 3.8) is 0 Å². The number of aliphatic hydroxyl groups excluding tert-OH is 1. The van der Waals surface area contributed by atoms with Crippen LogP contribution in [-0.2, 0) is 0 Å². The second-order valence-corrected chi connectivity index (χ2v) is 12.8. The van der Waals surface area contributed by atoms with E-state index in [4.69, 9.17) is 0 Å². The zero-order valence-corrected chi connectivity index (χ0v) is 19.8. The minimum Gasteiger partial charge on any atom is -0.393 e. The van der Waals surface area contributed by atoms with Crippen LogP contribution in [0.4, 0.5) is 0 Å². The normalized spacial score (nSPS) is 47.8. The van der Waals surface area contributed by atoms with E-state index in [1.54, 1.807) is 0 Å². The molecule has 4 aliphatic rings. The quantitative estimate of drug-likeness (QED) is 0.499. The van der Waals surface area contributed by atoms with E-state index in [0.29, 0.717) is 10.8 Å². The summed E-state index contributed by atoms with van der Waals surface area (Å²) in [6, 6.07) is 0. The fraction of sp³-hybridized carbons (Fsp3) is 1.00. The van der Waals surface area contributed by atoms with Crippen molar-refractivity contribution in [3.05, 3.63) is 0 Å². The molecule has 0 aliphatic heterocycles. The largest absolute Gasteiger partial charge is 0.393 e. The molecule has 2 nitrogen and oxygen atoms in total. The summed E-state index contributed by atoms with van der Waals surface area (Å²) in [7, 11) is 0. The highest BCUT2D eigenvalue weighted by atomic mass is 16.3. The van der Waals surface area contributed by atoms with Crippen LogP contribution in [-0.4, -0.2) is 21.9 Å². The third-order valence-electron chi connectivity index (χ3n) is 10.7. The molecule has 0 aromatic rings. The molecule has 0 aromatic carbocycles. The van der Waals surface area contributed by atoms with Gasteiger partial charge in [-0.1, -0.05) is 33.1 Å². The Morgan fingerprint density at radius 2 is 1.59 bits per heavy atom. The van der Waals surface area contributed by atoms with Crippen LogP contribution in [0.2, 0.25) is 0 Å². The molecule has 8 atom stereocenters. The van der Waals surface area contributed by atoms with E-state index in [1.165, 1.54) is 70.6 Å². The number of fused-ring (bicyclic) bond motifs is 5. The average molecular weight is 405 g/mol. The molecule has 29 heavy (non-hydrogen) atoms. The predicted octanol–water partition coefficient (Wildman–Crippen LogP) is 6.73.